The van der Waals surface area contributed by atoms with E-state index < -0.39 is 46.5 Å². The van der Waals surface area contributed by atoms with E-state index in [0.29, 0.717) is 10.7 Å². The summed E-state index contributed by atoms with van der Waals surface area (Å²) in [6, 6.07) is 3.10. The maximum absolute atomic E-state index is 15.8. The molecule has 0 saturated carbocycles. The zero-order valence-corrected chi connectivity index (χ0v) is 16.9. The van der Waals surface area contributed by atoms with Gasteiger partial charge in [0, 0.05) is 22.8 Å². The first kappa shape index (κ1) is 23.0. The van der Waals surface area contributed by atoms with Crippen LogP contribution in [0.4, 0.5) is 17.6 Å². The lowest BCUT2D eigenvalue weighted by Gasteiger charge is -2.37. The van der Waals surface area contributed by atoms with E-state index in [1.54, 1.807) is 6.92 Å². The van der Waals surface area contributed by atoms with Crippen molar-refractivity contribution in [3.63, 3.8) is 0 Å². The van der Waals surface area contributed by atoms with Gasteiger partial charge in [-0.1, -0.05) is 22.9 Å². The van der Waals surface area contributed by atoms with Crippen molar-refractivity contribution >= 4 is 32.9 Å². The van der Waals surface area contributed by atoms with Crippen LogP contribution in [0.15, 0.2) is 22.7 Å². The Bertz CT molecular complexity index is 664. The Balaban J connectivity index is 3.60. The van der Waals surface area contributed by atoms with Gasteiger partial charge in [-0.05, 0) is 31.5 Å². The van der Waals surface area contributed by atoms with E-state index in [1.807, 2.05) is 0 Å². The first-order valence-corrected chi connectivity index (χ1v) is 9.89. The van der Waals surface area contributed by atoms with Crippen LogP contribution < -0.4 is 0 Å². The van der Waals surface area contributed by atoms with Crippen LogP contribution in [0.3, 0.4) is 0 Å². The van der Waals surface area contributed by atoms with Crippen LogP contribution in [0.2, 0.25) is 0 Å². The summed E-state index contributed by atoms with van der Waals surface area (Å²) in [7, 11) is -1.15. The highest BCUT2D eigenvalue weighted by molar-refractivity contribution is 9.10. The Morgan fingerprint density at radius 3 is 2.50 bits per heavy atom. The molecule has 0 aliphatic carbocycles. The fourth-order valence-corrected chi connectivity index (χ4v) is 3.89. The highest BCUT2D eigenvalue weighted by Gasteiger charge is 2.58. The van der Waals surface area contributed by atoms with Gasteiger partial charge < -0.3 is 4.74 Å². The second kappa shape index (κ2) is 9.80. The van der Waals surface area contributed by atoms with E-state index in [1.165, 1.54) is 13.0 Å². The predicted molar refractivity (Wildman–Crippen MR) is 94.4 cm³/mol. The molecule has 0 N–H and O–H groups in total. The van der Waals surface area contributed by atoms with Crippen molar-refractivity contribution in [3.8, 4) is 0 Å². The van der Waals surface area contributed by atoms with Crippen molar-refractivity contribution in [3.05, 3.63) is 34.1 Å². The van der Waals surface area contributed by atoms with Gasteiger partial charge in [0.05, 0.1) is 17.6 Å². The lowest BCUT2D eigenvalue weighted by molar-refractivity contribution is -0.173. The molecule has 10 heteroatoms. The Morgan fingerprint density at radius 1 is 1.38 bits per heavy atom. The molecule has 0 radical (unpaired) electrons. The van der Waals surface area contributed by atoms with Crippen LogP contribution in [0, 0.1) is 5.82 Å². The van der Waals surface area contributed by atoms with Gasteiger partial charge in [-0.25, -0.2) is 26.6 Å². The van der Waals surface area contributed by atoms with Crippen molar-refractivity contribution in [2.45, 2.75) is 38.4 Å². The van der Waals surface area contributed by atoms with Gasteiger partial charge in [-0.2, -0.15) is 4.31 Å². The van der Waals surface area contributed by atoms with Gasteiger partial charge in [0.25, 0.3) is 12.2 Å². The topological polar surface area (TPSA) is 46.6 Å². The van der Waals surface area contributed by atoms with Crippen LogP contribution in [0.5, 0.6) is 0 Å². The number of carbonyl (C=O) groups excluding carboxylic acids is 1. The number of esters is 1. The summed E-state index contributed by atoms with van der Waals surface area (Å²) < 4.78 is 75.2. The molecule has 0 fully saturated rings. The molecule has 0 saturated heterocycles. The average Bonchev–Trinajstić information content (AvgIpc) is 2.57. The van der Waals surface area contributed by atoms with Crippen LogP contribution in [-0.4, -0.2) is 46.1 Å². The quantitative estimate of drug-likeness (QED) is 0.315. The third-order valence-corrected chi connectivity index (χ3v) is 5.79. The fourth-order valence-electron chi connectivity index (χ4n) is 2.41. The highest BCUT2D eigenvalue weighted by Crippen LogP contribution is 2.42. The average molecular weight is 462 g/mol. The van der Waals surface area contributed by atoms with Gasteiger partial charge in [0.2, 0.25) is 0 Å². The molecule has 0 spiro atoms. The third-order valence-electron chi connectivity index (χ3n) is 3.66. The fraction of sp³-hybridized carbons (Fsp3) is 0.562. The summed E-state index contributed by atoms with van der Waals surface area (Å²) in [4.78, 5) is 12.3. The standard InChI is InChI=1S/C16H20BrF4NO3S/c1-4-8-26(24)22(3)16(21,15(23)25-5-2)13(14(19)20)11-9-10(17)6-7-12(11)18/h6-7,9,13-14H,4-5,8H2,1-3H3/t13-,16+,26+/m0/s1. The van der Waals surface area contributed by atoms with Gasteiger partial charge in [-0.3, -0.25) is 0 Å². The second-order valence-corrected chi connectivity index (χ2v) is 7.91. The van der Waals surface area contributed by atoms with Crippen molar-refractivity contribution in [2.24, 2.45) is 0 Å². The number of carbonyl (C=O) groups is 1. The molecule has 0 unspecified atom stereocenters. The van der Waals surface area contributed by atoms with Crippen LogP contribution in [-0.2, 0) is 20.5 Å². The maximum Gasteiger partial charge on any atom is 0.361 e. The summed E-state index contributed by atoms with van der Waals surface area (Å²) in [5, 5.41) is 0. The zero-order chi connectivity index (χ0) is 20.1. The van der Waals surface area contributed by atoms with Crippen molar-refractivity contribution in [1.29, 1.82) is 0 Å². The molecule has 26 heavy (non-hydrogen) atoms. The molecule has 0 aliphatic rings. The third kappa shape index (κ3) is 4.83. The van der Waals surface area contributed by atoms with E-state index in [0.717, 1.165) is 19.2 Å². The maximum atomic E-state index is 15.8. The number of halogens is 5. The van der Waals surface area contributed by atoms with Gasteiger partial charge in [0.15, 0.2) is 0 Å². The summed E-state index contributed by atoms with van der Waals surface area (Å²) >= 11 is 3.02. The minimum Gasteiger partial charge on any atom is -0.463 e. The Kier molecular flexibility index (Phi) is 8.68. The van der Waals surface area contributed by atoms with Crippen molar-refractivity contribution in [1.82, 2.24) is 4.31 Å². The monoisotopic (exact) mass is 461 g/mol. The molecule has 0 heterocycles. The molecule has 0 bridgehead atoms. The van der Waals surface area contributed by atoms with Crippen LogP contribution >= 0.6 is 15.9 Å². The molecule has 0 amide bonds. The predicted octanol–water partition coefficient (Wildman–Crippen LogP) is 4.17. The smallest absolute Gasteiger partial charge is 0.361 e. The lowest BCUT2D eigenvalue weighted by atomic mass is 9.89. The minimum absolute atomic E-state index is 0.0570. The summed E-state index contributed by atoms with van der Waals surface area (Å²) in [6.45, 7) is 2.75. The van der Waals surface area contributed by atoms with Crippen molar-refractivity contribution < 1.29 is 31.3 Å². The van der Waals surface area contributed by atoms with Crippen LogP contribution in [0.25, 0.3) is 0 Å². The number of alkyl halides is 3. The Morgan fingerprint density at radius 2 is 2.00 bits per heavy atom. The molecule has 1 aromatic carbocycles. The molecule has 3 atom stereocenters. The number of likely N-dealkylation sites (N-methyl/N-ethyl adjacent to an activating group) is 1. The summed E-state index contributed by atoms with van der Waals surface area (Å²) in [5.41, 5.74) is -0.717. The Hall–Kier alpha value is -1.00. The van der Waals surface area contributed by atoms with E-state index >= 15 is 4.39 Å². The number of nitrogens with zero attached hydrogens (tertiary/aromatic N) is 1. The number of rotatable bonds is 9. The van der Waals surface area contributed by atoms with Gasteiger partial charge in [0.1, 0.15) is 11.7 Å². The van der Waals surface area contributed by atoms with Crippen LogP contribution in [0.1, 0.15) is 31.7 Å². The normalized spacial score (nSPS) is 16.4. The highest BCUT2D eigenvalue weighted by atomic mass is 79.9. The zero-order valence-electron chi connectivity index (χ0n) is 14.5. The van der Waals surface area contributed by atoms with Gasteiger partial charge in [-0.15, -0.1) is 0 Å². The molecule has 1 aromatic rings. The number of benzene rings is 1. The number of hydrogen-bond donors (Lipinski definition) is 0. The largest absolute Gasteiger partial charge is 0.463 e. The molecule has 0 aliphatic heterocycles. The number of ether oxygens (including phenoxy) is 1. The number of hydrogen-bond acceptors (Lipinski definition) is 3. The SMILES string of the molecule is CCC[S@@](=O)N(C)[C@@](F)(C(=O)OCC)[C@@H](c1cc(Br)ccc1F)C(F)F. The molecule has 4 nitrogen and oxygen atoms in total. The minimum atomic E-state index is -3.52. The lowest BCUT2D eigenvalue weighted by Crippen LogP contribution is -2.57. The summed E-state index contributed by atoms with van der Waals surface area (Å²) in [6.07, 6.45) is -3.10. The molecule has 1 rings (SSSR count). The van der Waals surface area contributed by atoms with E-state index in [-0.39, 0.29) is 16.8 Å². The molecular weight excluding hydrogens is 442 g/mol. The van der Waals surface area contributed by atoms with E-state index in [9.17, 15) is 22.2 Å². The van der Waals surface area contributed by atoms with Gasteiger partial charge >= 0.3 is 5.97 Å². The molecular formula is C16H20BrF4NO3S. The van der Waals surface area contributed by atoms with E-state index in [2.05, 4.69) is 20.7 Å². The first-order chi connectivity index (χ1) is 12.1. The molecule has 0 aromatic heterocycles. The van der Waals surface area contributed by atoms with Crippen molar-refractivity contribution in [2.75, 3.05) is 19.4 Å². The second-order valence-electron chi connectivity index (χ2n) is 5.39. The van der Waals surface area contributed by atoms with E-state index in [4.69, 9.17) is 0 Å². The Labute approximate surface area is 160 Å². The summed E-state index contributed by atoms with van der Waals surface area (Å²) in [5.74, 6) is -8.87. The first-order valence-electron chi connectivity index (χ1n) is 7.82. The molecule has 148 valence electrons.